The highest BCUT2D eigenvalue weighted by atomic mass is 16.4. The molecule has 2 fully saturated rings. The van der Waals surface area contributed by atoms with Gasteiger partial charge in [-0.25, -0.2) is 0 Å². The summed E-state index contributed by atoms with van der Waals surface area (Å²) in [4.78, 5) is 17.8. The quantitative estimate of drug-likeness (QED) is 0.897. The standard InChI is InChI=1S/C15H20N2O2/c18-15(19)14-13-5-1-4-12(13)10-17(14)8-6-11-3-2-7-16-9-11/h2-3,7,9,12-14H,1,4-6,8,10H2,(H,18,19). The Bertz CT molecular complexity index is 449. The summed E-state index contributed by atoms with van der Waals surface area (Å²) in [6.45, 7) is 1.79. The summed E-state index contributed by atoms with van der Waals surface area (Å²) in [6, 6.07) is 3.73. The van der Waals surface area contributed by atoms with Crippen LogP contribution in [0.1, 0.15) is 24.8 Å². The van der Waals surface area contributed by atoms with Crippen molar-refractivity contribution >= 4 is 5.97 Å². The van der Waals surface area contributed by atoms with E-state index in [9.17, 15) is 9.90 Å². The van der Waals surface area contributed by atoms with Gasteiger partial charge in [-0.05, 0) is 42.7 Å². The molecule has 1 aliphatic carbocycles. The summed E-state index contributed by atoms with van der Waals surface area (Å²) in [7, 11) is 0. The predicted molar refractivity (Wildman–Crippen MR) is 71.8 cm³/mol. The van der Waals surface area contributed by atoms with Gasteiger partial charge in [0, 0.05) is 25.5 Å². The van der Waals surface area contributed by atoms with Crippen LogP contribution in [0.5, 0.6) is 0 Å². The topological polar surface area (TPSA) is 53.4 Å². The molecule has 0 amide bonds. The fourth-order valence-electron chi connectivity index (χ4n) is 3.78. The Kier molecular flexibility index (Phi) is 3.51. The molecule has 1 saturated carbocycles. The molecule has 102 valence electrons. The third-order valence-corrected chi connectivity index (χ3v) is 4.65. The number of likely N-dealkylation sites (tertiary alicyclic amines) is 1. The van der Waals surface area contributed by atoms with E-state index in [1.807, 2.05) is 12.3 Å². The SMILES string of the molecule is O=C(O)C1C2CCCC2CN1CCc1cccnc1. The third kappa shape index (κ3) is 2.50. The zero-order valence-electron chi connectivity index (χ0n) is 11.0. The number of carbonyl (C=O) groups is 1. The van der Waals surface area contributed by atoms with Gasteiger partial charge >= 0.3 is 5.97 Å². The minimum absolute atomic E-state index is 0.260. The largest absolute Gasteiger partial charge is 0.480 e. The number of fused-ring (bicyclic) bond motifs is 1. The van der Waals surface area contributed by atoms with Crippen molar-refractivity contribution in [2.75, 3.05) is 13.1 Å². The van der Waals surface area contributed by atoms with Gasteiger partial charge in [0.1, 0.15) is 6.04 Å². The Morgan fingerprint density at radius 2 is 2.37 bits per heavy atom. The van der Waals surface area contributed by atoms with E-state index in [4.69, 9.17) is 0 Å². The second-order valence-corrected chi connectivity index (χ2v) is 5.74. The maximum absolute atomic E-state index is 11.5. The molecule has 1 aromatic heterocycles. The van der Waals surface area contributed by atoms with Crippen LogP contribution in [-0.4, -0.2) is 40.1 Å². The summed E-state index contributed by atoms with van der Waals surface area (Å²) in [5.41, 5.74) is 1.18. The number of rotatable bonds is 4. The molecule has 1 N–H and O–H groups in total. The van der Waals surface area contributed by atoms with Crippen molar-refractivity contribution in [3.63, 3.8) is 0 Å². The van der Waals surface area contributed by atoms with Crippen molar-refractivity contribution in [3.8, 4) is 0 Å². The van der Waals surface area contributed by atoms with Crippen molar-refractivity contribution in [3.05, 3.63) is 30.1 Å². The monoisotopic (exact) mass is 260 g/mol. The number of carboxylic acid groups (broad SMARTS) is 1. The summed E-state index contributed by atoms with van der Waals surface area (Å²) in [5, 5.41) is 9.47. The number of aromatic nitrogens is 1. The van der Waals surface area contributed by atoms with Crippen LogP contribution in [0.4, 0.5) is 0 Å². The third-order valence-electron chi connectivity index (χ3n) is 4.65. The van der Waals surface area contributed by atoms with E-state index in [1.165, 1.54) is 18.4 Å². The zero-order valence-corrected chi connectivity index (χ0v) is 11.0. The predicted octanol–water partition coefficient (Wildman–Crippen LogP) is 1.81. The van der Waals surface area contributed by atoms with E-state index in [-0.39, 0.29) is 6.04 Å². The molecule has 0 spiro atoms. The second kappa shape index (κ2) is 5.29. The fourth-order valence-corrected chi connectivity index (χ4v) is 3.78. The first-order valence-electron chi connectivity index (χ1n) is 7.11. The smallest absolute Gasteiger partial charge is 0.321 e. The minimum Gasteiger partial charge on any atom is -0.480 e. The molecule has 3 rings (SSSR count). The summed E-state index contributed by atoms with van der Waals surface area (Å²) >= 11 is 0. The molecular formula is C15H20N2O2. The lowest BCUT2D eigenvalue weighted by Crippen LogP contribution is -2.40. The second-order valence-electron chi connectivity index (χ2n) is 5.74. The Morgan fingerprint density at radius 1 is 1.47 bits per heavy atom. The molecule has 19 heavy (non-hydrogen) atoms. The van der Waals surface area contributed by atoms with E-state index in [2.05, 4.69) is 16.0 Å². The molecule has 3 unspecified atom stereocenters. The lowest BCUT2D eigenvalue weighted by molar-refractivity contribution is -0.143. The molecule has 4 heteroatoms. The molecule has 0 bridgehead atoms. The van der Waals surface area contributed by atoms with Gasteiger partial charge in [0.25, 0.3) is 0 Å². The van der Waals surface area contributed by atoms with Crippen LogP contribution >= 0.6 is 0 Å². The Balaban J connectivity index is 1.65. The molecule has 0 radical (unpaired) electrons. The molecule has 2 heterocycles. The van der Waals surface area contributed by atoms with E-state index in [1.54, 1.807) is 6.20 Å². The van der Waals surface area contributed by atoms with Gasteiger partial charge in [-0.15, -0.1) is 0 Å². The summed E-state index contributed by atoms with van der Waals surface area (Å²) < 4.78 is 0. The van der Waals surface area contributed by atoms with Gasteiger partial charge < -0.3 is 5.11 Å². The molecule has 4 nitrogen and oxygen atoms in total. The molecule has 1 aliphatic heterocycles. The molecular weight excluding hydrogens is 240 g/mol. The maximum Gasteiger partial charge on any atom is 0.321 e. The number of pyridine rings is 1. The first-order chi connectivity index (χ1) is 9.25. The van der Waals surface area contributed by atoms with Crippen molar-refractivity contribution in [1.82, 2.24) is 9.88 Å². The van der Waals surface area contributed by atoms with Crippen molar-refractivity contribution < 1.29 is 9.90 Å². The lowest BCUT2D eigenvalue weighted by atomic mass is 9.94. The van der Waals surface area contributed by atoms with E-state index in [0.29, 0.717) is 11.8 Å². The maximum atomic E-state index is 11.5. The van der Waals surface area contributed by atoms with E-state index < -0.39 is 5.97 Å². The van der Waals surface area contributed by atoms with Crippen LogP contribution in [0.3, 0.4) is 0 Å². The van der Waals surface area contributed by atoms with Gasteiger partial charge in [0.15, 0.2) is 0 Å². The molecule has 1 aromatic rings. The molecule has 2 aliphatic rings. The summed E-state index contributed by atoms with van der Waals surface area (Å²) in [6.07, 6.45) is 8.02. The number of carboxylic acids is 1. The van der Waals surface area contributed by atoms with Crippen LogP contribution in [0.15, 0.2) is 24.5 Å². The first kappa shape index (κ1) is 12.6. The van der Waals surface area contributed by atoms with Crippen LogP contribution in [-0.2, 0) is 11.2 Å². The highest BCUT2D eigenvalue weighted by Crippen LogP contribution is 2.42. The van der Waals surface area contributed by atoms with Crippen LogP contribution < -0.4 is 0 Å². The Hall–Kier alpha value is -1.42. The average Bonchev–Trinajstić information content (AvgIpc) is 2.96. The van der Waals surface area contributed by atoms with Gasteiger partial charge in [0.05, 0.1) is 0 Å². The minimum atomic E-state index is -0.638. The van der Waals surface area contributed by atoms with Gasteiger partial charge in [-0.2, -0.15) is 0 Å². The van der Waals surface area contributed by atoms with Crippen LogP contribution in [0, 0.1) is 11.8 Å². The number of nitrogens with zero attached hydrogens (tertiary/aromatic N) is 2. The van der Waals surface area contributed by atoms with Crippen molar-refractivity contribution in [2.24, 2.45) is 11.8 Å². The molecule has 1 saturated heterocycles. The Labute approximate surface area is 113 Å². The fraction of sp³-hybridized carbons (Fsp3) is 0.600. The van der Waals surface area contributed by atoms with E-state index >= 15 is 0 Å². The van der Waals surface area contributed by atoms with Crippen LogP contribution in [0.25, 0.3) is 0 Å². The number of hydrogen-bond acceptors (Lipinski definition) is 3. The molecule has 0 aromatic carbocycles. The van der Waals surface area contributed by atoms with Crippen LogP contribution in [0.2, 0.25) is 0 Å². The normalized spacial score (nSPS) is 30.4. The number of hydrogen-bond donors (Lipinski definition) is 1. The highest BCUT2D eigenvalue weighted by molar-refractivity contribution is 5.74. The molecule has 3 atom stereocenters. The first-order valence-corrected chi connectivity index (χ1v) is 7.11. The number of aliphatic carboxylic acids is 1. The lowest BCUT2D eigenvalue weighted by Gasteiger charge is -2.24. The van der Waals surface area contributed by atoms with E-state index in [0.717, 1.165) is 25.9 Å². The Morgan fingerprint density at radius 3 is 3.11 bits per heavy atom. The highest BCUT2D eigenvalue weighted by Gasteiger charge is 2.47. The van der Waals surface area contributed by atoms with Gasteiger partial charge in [-0.1, -0.05) is 12.5 Å². The average molecular weight is 260 g/mol. The van der Waals surface area contributed by atoms with Crippen molar-refractivity contribution in [2.45, 2.75) is 31.7 Å². The van der Waals surface area contributed by atoms with Crippen molar-refractivity contribution in [1.29, 1.82) is 0 Å². The van der Waals surface area contributed by atoms with Gasteiger partial charge in [0.2, 0.25) is 0 Å². The van der Waals surface area contributed by atoms with Gasteiger partial charge in [-0.3, -0.25) is 14.7 Å². The zero-order chi connectivity index (χ0) is 13.2. The summed E-state index contributed by atoms with van der Waals surface area (Å²) in [5.74, 6) is 0.349.